The third-order valence-corrected chi connectivity index (χ3v) is 8.45. The molecule has 9 nitrogen and oxygen atoms in total. The van der Waals surface area contributed by atoms with Crippen LogP contribution in [0.5, 0.6) is 11.5 Å². The number of methoxy groups -OCH3 is 3. The van der Waals surface area contributed by atoms with Gasteiger partial charge in [-0.3, -0.25) is 4.79 Å². The first-order chi connectivity index (χ1) is 16.8. The molecular formula is C24H31N3O6S2. The first-order valence-corrected chi connectivity index (χ1v) is 13.4. The van der Waals surface area contributed by atoms with Crippen LogP contribution in [0.1, 0.15) is 30.1 Å². The summed E-state index contributed by atoms with van der Waals surface area (Å²) in [6, 6.07) is 9.57. The van der Waals surface area contributed by atoms with E-state index < -0.39 is 15.9 Å². The zero-order valence-electron chi connectivity index (χ0n) is 20.6. The second kappa shape index (κ2) is 11.8. The molecule has 0 aliphatic heterocycles. The van der Waals surface area contributed by atoms with E-state index in [1.54, 1.807) is 28.4 Å². The van der Waals surface area contributed by atoms with Crippen LogP contribution in [0.3, 0.4) is 0 Å². The minimum atomic E-state index is -3.61. The minimum Gasteiger partial charge on any atom is -0.493 e. The molecule has 1 aromatic heterocycles. The topological polar surface area (TPSA) is 99.4 Å². The molecule has 1 heterocycles. The monoisotopic (exact) mass is 521 g/mol. The average molecular weight is 522 g/mol. The summed E-state index contributed by atoms with van der Waals surface area (Å²) in [5.74, 6) is 0.686. The van der Waals surface area contributed by atoms with Crippen LogP contribution in [-0.4, -0.2) is 64.7 Å². The molecule has 0 atom stereocenters. The number of unbranched alkanes of at least 4 members (excludes halogenated alkanes) is 1. The smallest absolute Gasteiger partial charge is 0.279 e. The molecule has 0 aliphatic carbocycles. The van der Waals surface area contributed by atoms with E-state index >= 15 is 0 Å². The number of nitrogens with zero attached hydrogens (tertiary/aromatic N) is 3. The van der Waals surface area contributed by atoms with Gasteiger partial charge in [0.05, 0.1) is 35.9 Å². The van der Waals surface area contributed by atoms with Crippen LogP contribution < -0.4 is 14.3 Å². The maximum Gasteiger partial charge on any atom is 0.279 e. The molecule has 3 rings (SSSR count). The minimum absolute atomic E-state index is 0.142. The molecule has 0 bridgehead atoms. The molecule has 0 saturated carbocycles. The van der Waals surface area contributed by atoms with Gasteiger partial charge in [0, 0.05) is 44.9 Å². The number of aromatic nitrogens is 1. The van der Waals surface area contributed by atoms with Crippen molar-refractivity contribution in [1.29, 1.82) is 0 Å². The summed E-state index contributed by atoms with van der Waals surface area (Å²) in [6.45, 7) is 3.36. The number of hydrogen-bond acceptors (Lipinski definition) is 7. The van der Waals surface area contributed by atoms with Gasteiger partial charge in [-0.1, -0.05) is 24.7 Å². The van der Waals surface area contributed by atoms with Crippen LogP contribution in [0, 0.1) is 0 Å². The van der Waals surface area contributed by atoms with Gasteiger partial charge in [-0.15, -0.1) is 0 Å². The van der Waals surface area contributed by atoms with E-state index in [1.807, 2.05) is 23.6 Å². The second-order valence-corrected chi connectivity index (χ2v) is 10.9. The molecule has 0 N–H and O–H groups in total. The Morgan fingerprint density at radius 1 is 1.09 bits per heavy atom. The highest BCUT2D eigenvalue weighted by Crippen LogP contribution is 2.33. The summed E-state index contributed by atoms with van der Waals surface area (Å²) < 4.78 is 45.6. The fourth-order valence-corrected chi connectivity index (χ4v) is 5.76. The third kappa shape index (κ3) is 5.92. The first-order valence-electron chi connectivity index (χ1n) is 11.2. The van der Waals surface area contributed by atoms with Crippen molar-refractivity contribution in [3.05, 3.63) is 46.8 Å². The molecule has 2 aromatic carbocycles. The number of thiazole rings is 1. The molecular weight excluding hydrogens is 490 g/mol. The Morgan fingerprint density at radius 3 is 2.34 bits per heavy atom. The molecule has 0 saturated heterocycles. The van der Waals surface area contributed by atoms with Crippen LogP contribution in [0.15, 0.2) is 46.3 Å². The highest BCUT2D eigenvalue weighted by molar-refractivity contribution is 7.89. The van der Waals surface area contributed by atoms with Gasteiger partial charge in [-0.05, 0) is 30.7 Å². The van der Waals surface area contributed by atoms with Gasteiger partial charge >= 0.3 is 0 Å². The number of sulfonamides is 1. The number of carbonyl (C=O) groups excluding carboxylic acids is 1. The Hall–Kier alpha value is -2.73. The van der Waals surface area contributed by atoms with Crippen LogP contribution in [0.25, 0.3) is 10.2 Å². The Bertz CT molecular complexity index is 1340. The summed E-state index contributed by atoms with van der Waals surface area (Å²) in [5, 5.41) is 0. The van der Waals surface area contributed by atoms with Crippen LogP contribution >= 0.6 is 11.3 Å². The molecule has 1 amide bonds. The van der Waals surface area contributed by atoms with Gasteiger partial charge in [0.2, 0.25) is 10.0 Å². The Labute approximate surface area is 209 Å². The van der Waals surface area contributed by atoms with E-state index in [-0.39, 0.29) is 4.90 Å². The van der Waals surface area contributed by atoms with E-state index in [1.165, 1.54) is 39.9 Å². The number of hydrogen-bond donors (Lipinski definition) is 0. The lowest BCUT2D eigenvalue weighted by Crippen LogP contribution is -2.27. The predicted molar refractivity (Wildman–Crippen MR) is 136 cm³/mol. The molecule has 11 heteroatoms. The largest absolute Gasteiger partial charge is 0.493 e. The van der Waals surface area contributed by atoms with Crippen molar-refractivity contribution in [1.82, 2.24) is 8.87 Å². The van der Waals surface area contributed by atoms with E-state index in [9.17, 15) is 13.2 Å². The number of rotatable bonds is 11. The van der Waals surface area contributed by atoms with Gasteiger partial charge < -0.3 is 18.8 Å². The fraction of sp³-hybridized carbons (Fsp3) is 0.417. The number of amides is 1. The van der Waals surface area contributed by atoms with E-state index in [0.717, 1.165) is 23.1 Å². The van der Waals surface area contributed by atoms with E-state index in [0.29, 0.717) is 41.6 Å². The molecule has 0 unspecified atom stereocenters. The van der Waals surface area contributed by atoms with Crippen molar-refractivity contribution in [2.45, 2.75) is 31.2 Å². The molecule has 0 spiro atoms. The molecule has 3 aromatic rings. The molecule has 35 heavy (non-hydrogen) atoms. The van der Waals surface area contributed by atoms with Gasteiger partial charge in [0.1, 0.15) is 0 Å². The fourth-order valence-electron chi connectivity index (χ4n) is 3.48. The standard InChI is InChI=1S/C24H31N3O6S2/c1-6-7-12-26(2)35(29,30)18-10-8-17(9-11-18)23(28)25-24-27(13-14-31-3)19-15-20(32-4)21(33-5)16-22(19)34-24/h8-11,15-16H,6-7,12-14H2,1-5H3. The Kier molecular flexibility index (Phi) is 9.06. The maximum atomic E-state index is 13.0. The predicted octanol–water partition coefficient (Wildman–Crippen LogP) is 3.53. The number of benzene rings is 2. The number of carbonyl (C=O) groups is 1. The molecule has 0 fully saturated rings. The lowest BCUT2D eigenvalue weighted by atomic mass is 10.2. The van der Waals surface area contributed by atoms with Crippen molar-refractivity contribution in [3.8, 4) is 11.5 Å². The van der Waals surface area contributed by atoms with Gasteiger partial charge in [-0.25, -0.2) is 12.7 Å². The summed E-state index contributed by atoms with van der Waals surface area (Å²) in [7, 11) is 2.69. The summed E-state index contributed by atoms with van der Waals surface area (Å²) >= 11 is 1.35. The SMILES string of the molecule is CCCCN(C)S(=O)(=O)c1ccc(C(=O)N=c2sc3cc(OC)c(OC)cc3n2CCOC)cc1. The summed E-state index contributed by atoms with van der Waals surface area (Å²) in [5.41, 5.74) is 1.14. The molecule has 0 aliphatic rings. The third-order valence-electron chi connectivity index (χ3n) is 5.54. The number of ether oxygens (including phenoxy) is 3. The Balaban J connectivity index is 1.98. The van der Waals surface area contributed by atoms with E-state index in [2.05, 4.69) is 4.99 Å². The lowest BCUT2D eigenvalue weighted by Gasteiger charge is -2.16. The second-order valence-electron chi connectivity index (χ2n) is 7.83. The lowest BCUT2D eigenvalue weighted by molar-refractivity contribution is 0.0997. The van der Waals surface area contributed by atoms with Crippen molar-refractivity contribution >= 4 is 37.5 Å². The molecule has 0 radical (unpaired) electrons. The van der Waals surface area contributed by atoms with Crippen LogP contribution in [-0.2, 0) is 21.3 Å². The highest BCUT2D eigenvalue weighted by atomic mass is 32.2. The average Bonchev–Trinajstić information content (AvgIpc) is 3.20. The zero-order chi connectivity index (χ0) is 25.6. The maximum absolute atomic E-state index is 13.0. The van der Waals surface area contributed by atoms with Crippen molar-refractivity contribution < 1.29 is 27.4 Å². The number of fused-ring (bicyclic) bond motifs is 1. The van der Waals surface area contributed by atoms with Gasteiger partial charge in [-0.2, -0.15) is 4.99 Å². The first kappa shape index (κ1) is 26.9. The van der Waals surface area contributed by atoms with Gasteiger partial charge in [0.15, 0.2) is 16.3 Å². The summed E-state index contributed by atoms with van der Waals surface area (Å²) in [4.78, 5) is 18.0. The molecule has 190 valence electrons. The highest BCUT2D eigenvalue weighted by Gasteiger charge is 2.21. The van der Waals surface area contributed by atoms with Crippen LogP contribution in [0.4, 0.5) is 0 Å². The van der Waals surface area contributed by atoms with Gasteiger partial charge in [0.25, 0.3) is 5.91 Å². The van der Waals surface area contributed by atoms with E-state index in [4.69, 9.17) is 14.2 Å². The Morgan fingerprint density at radius 2 is 1.74 bits per heavy atom. The van der Waals surface area contributed by atoms with Crippen molar-refractivity contribution in [2.24, 2.45) is 4.99 Å². The quantitative estimate of drug-likeness (QED) is 0.383. The van der Waals surface area contributed by atoms with Crippen LogP contribution in [0.2, 0.25) is 0 Å². The normalized spacial score (nSPS) is 12.5. The zero-order valence-corrected chi connectivity index (χ0v) is 22.2. The van der Waals surface area contributed by atoms with Crippen molar-refractivity contribution in [2.75, 3.05) is 41.5 Å². The summed E-state index contributed by atoms with van der Waals surface area (Å²) in [6.07, 6.45) is 1.68. The van der Waals surface area contributed by atoms with Crippen molar-refractivity contribution in [3.63, 3.8) is 0 Å².